The molecule has 1 heterocycles. The maximum absolute atomic E-state index is 11.4. The van der Waals surface area contributed by atoms with Gasteiger partial charge in [-0.1, -0.05) is 12.8 Å². The zero-order valence-electron chi connectivity index (χ0n) is 7.21. The lowest BCUT2D eigenvalue weighted by Gasteiger charge is -2.31. The zero-order chi connectivity index (χ0) is 8.18. The highest BCUT2D eigenvalue weighted by atomic mass is 16.6. The van der Waals surface area contributed by atoms with Gasteiger partial charge >= 0.3 is 0 Å². The highest BCUT2D eigenvalue weighted by Gasteiger charge is 2.66. The number of rotatable bonds is 0. The molecule has 1 saturated heterocycles. The normalized spacial score (nSPS) is 51.2. The molecule has 0 radical (unpaired) electrons. The molecule has 1 aliphatic heterocycles. The SMILES string of the molecule is O=C1CCC2CCCCC23OC13. The number of hydrogen-bond acceptors (Lipinski definition) is 2. The van der Waals surface area contributed by atoms with Crippen molar-refractivity contribution in [3.05, 3.63) is 0 Å². The van der Waals surface area contributed by atoms with E-state index in [4.69, 9.17) is 4.74 Å². The third-order valence-electron chi connectivity index (χ3n) is 3.82. The predicted molar refractivity (Wildman–Crippen MR) is 43.8 cm³/mol. The molecular formula is C10H14O2. The minimum Gasteiger partial charge on any atom is -0.357 e. The van der Waals surface area contributed by atoms with E-state index in [1.54, 1.807) is 0 Å². The lowest BCUT2D eigenvalue weighted by atomic mass is 9.70. The molecule has 12 heavy (non-hydrogen) atoms. The molecule has 0 aromatic carbocycles. The van der Waals surface area contributed by atoms with Crippen molar-refractivity contribution in [2.24, 2.45) is 5.92 Å². The second-order valence-corrected chi connectivity index (χ2v) is 4.40. The molecule has 0 aromatic heterocycles. The third kappa shape index (κ3) is 0.717. The number of hydrogen-bond donors (Lipinski definition) is 0. The first-order valence-electron chi connectivity index (χ1n) is 5.03. The first kappa shape index (κ1) is 7.07. The molecule has 3 aliphatic rings. The van der Waals surface area contributed by atoms with E-state index >= 15 is 0 Å². The minimum absolute atomic E-state index is 0.0246. The Labute approximate surface area is 72.3 Å². The van der Waals surface area contributed by atoms with Gasteiger partial charge in [0, 0.05) is 6.42 Å². The first-order chi connectivity index (χ1) is 5.83. The maximum atomic E-state index is 11.4. The van der Waals surface area contributed by atoms with Gasteiger partial charge in [0.1, 0.15) is 11.7 Å². The number of carbonyl (C=O) groups excluding carboxylic acids is 1. The quantitative estimate of drug-likeness (QED) is 0.512. The minimum atomic E-state index is 0.0246. The Hall–Kier alpha value is -0.370. The van der Waals surface area contributed by atoms with Gasteiger partial charge in [-0.25, -0.2) is 0 Å². The highest BCUT2D eigenvalue weighted by Crippen LogP contribution is 2.56. The Kier molecular flexibility index (Phi) is 1.24. The Balaban J connectivity index is 1.88. The van der Waals surface area contributed by atoms with E-state index < -0.39 is 0 Å². The van der Waals surface area contributed by atoms with Crippen LogP contribution in [0.15, 0.2) is 0 Å². The van der Waals surface area contributed by atoms with Crippen molar-refractivity contribution in [1.82, 2.24) is 0 Å². The summed E-state index contributed by atoms with van der Waals surface area (Å²) in [7, 11) is 0. The van der Waals surface area contributed by atoms with Gasteiger partial charge in [0.05, 0.1) is 0 Å². The van der Waals surface area contributed by atoms with Crippen LogP contribution in [0.3, 0.4) is 0 Å². The average molecular weight is 166 g/mol. The van der Waals surface area contributed by atoms with Crippen molar-refractivity contribution in [3.63, 3.8) is 0 Å². The molecule has 1 spiro atoms. The van der Waals surface area contributed by atoms with Gasteiger partial charge in [-0.05, 0) is 25.2 Å². The molecule has 3 fully saturated rings. The Bertz CT molecular complexity index is 236. The molecule has 66 valence electrons. The van der Waals surface area contributed by atoms with E-state index in [1.165, 1.54) is 19.3 Å². The summed E-state index contributed by atoms with van der Waals surface area (Å²) in [5.74, 6) is 1.09. The first-order valence-corrected chi connectivity index (χ1v) is 5.03. The summed E-state index contributed by atoms with van der Waals surface area (Å²) in [5.41, 5.74) is 0.0631. The molecule has 0 bridgehead atoms. The van der Waals surface area contributed by atoms with Crippen LogP contribution < -0.4 is 0 Å². The van der Waals surface area contributed by atoms with Crippen molar-refractivity contribution >= 4 is 5.78 Å². The van der Waals surface area contributed by atoms with E-state index in [9.17, 15) is 4.79 Å². The van der Waals surface area contributed by atoms with Crippen LogP contribution in [0.1, 0.15) is 38.5 Å². The maximum Gasteiger partial charge on any atom is 0.164 e. The topological polar surface area (TPSA) is 29.6 Å². The van der Waals surface area contributed by atoms with Gasteiger partial charge in [-0.3, -0.25) is 4.79 Å². The van der Waals surface area contributed by atoms with Crippen molar-refractivity contribution in [2.75, 3.05) is 0 Å². The fraction of sp³-hybridized carbons (Fsp3) is 0.900. The van der Waals surface area contributed by atoms with E-state index in [0.29, 0.717) is 11.7 Å². The zero-order valence-corrected chi connectivity index (χ0v) is 7.21. The number of epoxide rings is 1. The van der Waals surface area contributed by atoms with Crippen LogP contribution in [-0.4, -0.2) is 17.5 Å². The molecule has 3 rings (SSSR count). The van der Waals surface area contributed by atoms with Crippen LogP contribution in [0.5, 0.6) is 0 Å². The summed E-state index contributed by atoms with van der Waals surface area (Å²) in [6.07, 6.45) is 6.94. The number of Topliss-reactive ketones (excluding diaryl/α,β-unsaturated/α-hetero) is 1. The third-order valence-corrected chi connectivity index (χ3v) is 3.82. The summed E-state index contributed by atoms with van der Waals surface area (Å²) in [4.78, 5) is 11.4. The number of carbonyl (C=O) groups is 1. The Morgan fingerprint density at radius 3 is 3.17 bits per heavy atom. The molecule has 2 nitrogen and oxygen atoms in total. The van der Waals surface area contributed by atoms with Gasteiger partial charge in [0.15, 0.2) is 5.78 Å². The van der Waals surface area contributed by atoms with E-state index in [0.717, 1.165) is 19.3 Å². The second-order valence-electron chi connectivity index (χ2n) is 4.40. The summed E-state index contributed by atoms with van der Waals surface area (Å²) in [6.45, 7) is 0. The summed E-state index contributed by atoms with van der Waals surface area (Å²) < 4.78 is 5.63. The summed E-state index contributed by atoms with van der Waals surface area (Å²) in [6, 6.07) is 0. The largest absolute Gasteiger partial charge is 0.357 e. The van der Waals surface area contributed by atoms with Crippen molar-refractivity contribution < 1.29 is 9.53 Å². The van der Waals surface area contributed by atoms with Gasteiger partial charge in [0.2, 0.25) is 0 Å². The van der Waals surface area contributed by atoms with Crippen LogP contribution in [0.2, 0.25) is 0 Å². The lowest BCUT2D eigenvalue weighted by molar-refractivity contribution is -0.121. The van der Waals surface area contributed by atoms with Crippen LogP contribution in [0.4, 0.5) is 0 Å². The monoisotopic (exact) mass is 166 g/mol. The molecule has 3 atom stereocenters. The summed E-state index contributed by atoms with van der Waals surface area (Å²) in [5, 5.41) is 0. The molecule has 2 aliphatic carbocycles. The Morgan fingerprint density at radius 2 is 2.25 bits per heavy atom. The van der Waals surface area contributed by atoms with Gasteiger partial charge in [0.25, 0.3) is 0 Å². The fourth-order valence-corrected chi connectivity index (χ4v) is 3.10. The smallest absolute Gasteiger partial charge is 0.164 e. The molecular weight excluding hydrogens is 152 g/mol. The van der Waals surface area contributed by atoms with Crippen molar-refractivity contribution in [2.45, 2.75) is 50.2 Å². The van der Waals surface area contributed by atoms with Crippen molar-refractivity contribution in [1.29, 1.82) is 0 Å². The number of ether oxygens (including phenoxy) is 1. The van der Waals surface area contributed by atoms with Crippen LogP contribution in [0.25, 0.3) is 0 Å². The molecule has 0 N–H and O–H groups in total. The Morgan fingerprint density at radius 1 is 1.33 bits per heavy atom. The van der Waals surface area contributed by atoms with Gasteiger partial charge in [-0.2, -0.15) is 0 Å². The average Bonchev–Trinajstić information content (AvgIpc) is 2.80. The lowest BCUT2D eigenvalue weighted by Crippen LogP contribution is -2.37. The summed E-state index contributed by atoms with van der Waals surface area (Å²) >= 11 is 0. The van der Waals surface area contributed by atoms with E-state index in [1.807, 2.05) is 0 Å². The van der Waals surface area contributed by atoms with Crippen molar-refractivity contribution in [3.8, 4) is 0 Å². The highest BCUT2D eigenvalue weighted by molar-refractivity contribution is 5.88. The van der Waals surface area contributed by atoms with Crippen LogP contribution >= 0.6 is 0 Å². The molecule has 0 amide bonds. The standard InChI is InChI=1S/C10H14O2/c11-8-5-4-7-3-1-2-6-10(7)9(8)12-10/h7,9H,1-6H2. The fourth-order valence-electron chi connectivity index (χ4n) is 3.10. The predicted octanol–water partition coefficient (Wildman–Crippen LogP) is 1.68. The van der Waals surface area contributed by atoms with Gasteiger partial charge < -0.3 is 4.74 Å². The molecule has 2 saturated carbocycles. The van der Waals surface area contributed by atoms with Crippen LogP contribution in [0, 0.1) is 5.92 Å². The number of ketones is 1. The van der Waals surface area contributed by atoms with E-state index in [-0.39, 0.29) is 11.7 Å². The molecule has 3 unspecified atom stereocenters. The van der Waals surface area contributed by atoms with Gasteiger partial charge in [-0.15, -0.1) is 0 Å². The van der Waals surface area contributed by atoms with Crippen LogP contribution in [-0.2, 0) is 9.53 Å². The second kappa shape index (κ2) is 2.11. The molecule has 2 heteroatoms. The van der Waals surface area contributed by atoms with E-state index in [2.05, 4.69) is 0 Å². The molecule has 0 aromatic rings.